The highest BCUT2D eigenvalue weighted by Crippen LogP contribution is 2.40. The van der Waals surface area contributed by atoms with Crippen LogP contribution >= 0.6 is 23.6 Å². The zero-order valence-corrected chi connectivity index (χ0v) is 14.2. The Hall–Kier alpha value is -0.500. The van der Waals surface area contributed by atoms with Gasteiger partial charge in [0.2, 0.25) is 0 Å². The molecule has 20 heavy (non-hydrogen) atoms. The molecule has 1 aromatic rings. The van der Waals surface area contributed by atoms with E-state index >= 15 is 0 Å². The summed E-state index contributed by atoms with van der Waals surface area (Å²) in [6.07, 6.45) is 2.96. The maximum absolute atomic E-state index is 12.6. The van der Waals surface area contributed by atoms with Crippen LogP contribution in [0.2, 0.25) is 0 Å². The third-order valence-corrected chi connectivity index (χ3v) is 8.10. The van der Waals surface area contributed by atoms with Crippen molar-refractivity contribution in [1.82, 2.24) is 4.31 Å². The van der Waals surface area contributed by atoms with Gasteiger partial charge in [0.15, 0.2) is 0 Å². The molecular weight excluding hydrogens is 312 g/mol. The third-order valence-electron chi connectivity index (χ3n) is 4.32. The number of nitrogens with zero attached hydrogens (tertiary/aromatic N) is 1. The molecule has 1 aliphatic heterocycles. The fourth-order valence-corrected chi connectivity index (χ4v) is 5.70. The summed E-state index contributed by atoms with van der Waals surface area (Å²) in [6.45, 7) is 5.48. The minimum Gasteiger partial charge on any atom is -0.389 e. The summed E-state index contributed by atoms with van der Waals surface area (Å²) in [5.74, 6) is 0. The van der Waals surface area contributed by atoms with E-state index in [4.69, 9.17) is 18.0 Å². The van der Waals surface area contributed by atoms with Crippen molar-refractivity contribution >= 4 is 38.6 Å². The van der Waals surface area contributed by atoms with Crippen LogP contribution in [0.1, 0.15) is 38.0 Å². The Morgan fingerprint density at radius 1 is 1.45 bits per heavy atom. The molecule has 0 spiro atoms. The second kappa shape index (κ2) is 5.71. The molecule has 0 atom stereocenters. The molecule has 7 heteroatoms. The molecule has 112 valence electrons. The Morgan fingerprint density at radius 3 is 2.55 bits per heavy atom. The van der Waals surface area contributed by atoms with E-state index in [2.05, 4.69) is 13.8 Å². The van der Waals surface area contributed by atoms with Crippen LogP contribution in [0.3, 0.4) is 0 Å². The predicted octanol–water partition coefficient (Wildman–Crippen LogP) is 2.58. The molecule has 0 bridgehead atoms. The fourth-order valence-electron chi connectivity index (χ4n) is 2.64. The summed E-state index contributed by atoms with van der Waals surface area (Å²) in [7, 11) is -3.41. The van der Waals surface area contributed by atoms with E-state index in [1.54, 1.807) is 16.4 Å². The van der Waals surface area contributed by atoms with Crippen LogP contribution in [-0.2, 0) is 10.0 Å². The van der Waals surface area contributed by atoms with Crippen LogP contribution in [0.15, 0.2) is 16.3 Å². The monoisotopic (exact) mass is 332 g/mol. The van der Waals surface area contributed by atoms with Gasteiger partial charge in [0.25, 0.3) is 10.0 Å². The van der Waals surface area contributed by atoms with E-state index in [-0.39, 0.29) is 10.4 Å². The maximum atomic E-state index is 12.6. The highest BCUT2D eigenvalue weighted by atomic mass is 32.2. The van der Waals surface area contributed by atoms with Crippen molar-refractivity contribution in [2.45, 2.75) is 37.3 Å². The number of rotatable bonds is 5. The van der Waals surface area contributed by atoms with Crippen molar-refractivity contribution in [3.05, 3.63) is 17.0 Å². The topological polar surface area (TPSA) is 63.4 Å². The average molecular weight is 333 g/mol. The normalized spacial score (nSPS) is 19.3. The van der Waals surface area contributed by atoms with Gasteiger partial charge in [0.1, 0.15) is 9.20 Å². The lowest BCUT2D eigenvalue weighted by molar-refractivity contribution is 0.280. The summed E-state index contributed by atoms with van der Waals surface area (Å²) in [5, 5.41) is 0. The fraction of sp³-hybridized carbons (Fsp3) is 0.615. The molecule has 1 saturated heterocycles. The van der Waals surface area contributed by atoms with Crippen molar-refractivity contribution < 1.29 is 8.42 Å². The number of thiocarbonyl (C=S) groups is 1. The summed E-state index contributed by atoms with van der Waals surface area (Å²) in [4.78, 5) is 0.893. The van der Waals surface area contributed by atoms with E-state index in [9.17, 15) is 8.42 Å². The molecule has 0 amide bonds. The van der Waals surface area contributed by atoms with Gasteiger partial charge in [0.05, 0.1) is 4.88 Å². The van der Waals surface area contributed by atoms with E-state index in [1.165, 1.54) is 0 Å². The highest BCUT2D eigenvalue weighted by molar-refractivity contribution is 7.91. The summed E-state index contributed by atoms with van der Waals surface area (Å²) < 4.78 is 27.2. The van der Waals surface area contributed by atoms with Gasteiger partial charge < -0.3 is 5.73 Å². The molecule has 1 fully saturated rings. The lowest BCUT2D eigenvalue weighted by Gasteiger charge is -2.26. The molecule has 0 unspecified atom stereocenters. The number of sulfonamides is 1. The first kappa shape index (κ1) is 15.9. The van der Waals surface area contributed by atoms with E-state index in [0.29, 0.717) is 22.2 Å². The van der Waals surface area contributed by atoms with E-state index in [1.807, 2.05) is 0 Å². The Balaban J connectivity index is 2.25. The first-order valence-electron chi connectivity index (χ1n) is 6.74. The van der Waals surface area contributed by atoms with Gasteiger partial charge >= 0.3 is 0 Å². The molecule has 0 aromatic carbocycles. The van der Waals surface area contributed by atoms with Crippen LogP contribution < -0.4 is 5.73 Å². The van der Waals surface area contributed by atoms with Crippen LogP contribution in [0.4, 0.5) is 0 Å². The molecule has 0 aliphatic carbocycles. The van der Waals surface area contributed by atoms with Crippen LogP contribution in [0.25, 0.3) is 0 Å². The maximum Gasteiger partial charge on any atom is 0.252 e. The predicted molar refractivity (Wildman–Crippen MR) is 86.6 cm³/mol. The van der Waals surface area contributed by atoms with Gasteiger partial charge in [-0.15, -0.1) is 11.3 Å². The Bertz CT molecular complexity index is 603. The second-order valence-electron chi connectivity index (χ2n) is 5.28. The molecule has 1 aliphatic rings. The van der Waals surface area contributed by atoms with Crippen molar-refractivity contribution in [2.75, 3.05) is 13.1 Å². The quantitative estimate of drug-likeness (QED) is 0.842. The lowest BCUT2D eigenvalue weighted by Crippen LogP contribution is -2.31. The highest BCUT2D eigenvalue weighted by Gasteiger charge is 2.41. The number of hydrogen-bond donors (Lipinski definition) is 1. The van der Waals surface area contributed by atoms with E-state index < -0.39 is 10.0 Å². The summed E-state index contributed by atoms with van der Waals surface area (Å²) >= 11 is 6.04. The van der Waals surface area contributed by atoms with Gasteiger partial charge in [0, 0.05) is 13.1 Å². The summed E-state index contributed by atoms with van der Waals surface area (Å²) in [5.41, 5.74) is 5.68. The molecule has 4 nitrogen and oxygen atoms in total. The smallest absolute Gasteiger partial charge is 0.252 e. The Kier molecular flexibility index (Phi) is 4.53. The lowest BCUT2D eigenvalue weighted by atomic mass is 9.82. The first-order chi connectivity index (χ1) is 9.34. The van der Waals surface area contributed by atoms with Crippen molar-refractivity contribution in [2.24, 2.45) is 11.1 Å². The van der Waals surface area contributed by atoms with Gasteiger partial charge in [-0.1, -0.05) is 26.1 Å². The number of thiophene rings is 1. The molecule has 2 rings (SSSR count). The number of nitrogens with two attached hydrogens (primary N) is 1. The van der Waals surface area contributed by atoms with Gasteiger partial charge in [-0.2, -0.15) is 4.31 Å². The molecule has 1 aromatic heterocycles. The van der Waals surface area contributed by atoms with Gasteiger partial charge in [-0.25, -0.2) is 8.42 Å². The molecule has 2 N–H and O–H groups in total. The van der Waals surface area contributed by atoms with Crippen LogP contribution in [0, 0.1) is 5.41 Å². The van der Waals surface area contributed by atoms with Crippen molar-refractivity contribution in [3.63, 3.8) is 0 Å². The van der Waals surface area contributed by atoms with E-state index in [0.717, 1.165) is 30.6 Å². The van der Waals surface area contributed by atoms with Crippen LogP contribution in [-0.4, -0.2) is 30.8 Å². The third kappa shape index (κ3) is 2.77. The standard InChI is InChI=1S/C13H20N2O2S3/c1-3-13(4-2)7-8-15(9-13)20(16,17)11-6-5-10(19-11)12(14)18/h5-6H,3-4,7-9H2,1-2H3,(H2,14,18). The minimum absolute atomic E-state index is 0.135. The largest absolute Gasteiger partial charge is 0.389 e. The average Bonchev–Trinajstić information content (AvgIpc) is 3.07. The molecule has 0 saturated carbocycles. The Morgan fingerprint density at radius 2 is 2.10 bits per heavy atom. The summed E-state index contributed by atoms with van der Waals surface area (Å²) in [6, 6.07) is 3.29. The van der Waals surface area contributed by atoms with Crippen molar-refractivity contribution in [3.8, 4) is 0 Å². The number of hydrogen-bond acceptors (Lipinski definition) is 4. The minimum atomic E-state index is -3.41. The molecule has 2 heterocycles. The van der Waals surface area contributed by atoms with Crippen molar-refractivity contribution in [1.29, 1.82) is 0 Å². The van der Waals surface area contributed by atoms with Gasteiger partial charge in [-0.3, -0.25) is 0 Å². The molecular formula is C13H20N2O2S3. The zero-order chi connectivity index (χ0) is 15.0. The zero-order valence-electron chi connectivity index (χ0n) is 11.8. The molecule has 0 radical (unpaired) electrons. The van der Waals surface area contributed by atoms with Crippen LogP contribution in [0.5, 0.6) is 0 Å². The Labute approximate surface area is 130 Å². The first-order valence-corrected chi connectivity index (χ1v) is 9.41. The van der Waals surface area contributed by atoms with Gasteiger partial charge in [-0.05, 0) is 36.8 Å². The SMILES string of the molecule is CCC1(CC)CCN(S(=O)(=O)c2ccc(C(N)=S)s2)C1. The second-order valence-corrected chi connectivity index (χ2v) is 8.97.